The average Bonchev–Trinajstić information content (AvgIpc) is 2.50. The molecule has 0 heterocycles. The number of aliphatic hydroxyl groups excluding tert-OH is 1. The highest BCUT2D eigenvalue weighted by atomic mass is 19.1. The maximum atomic E-state index is 13.4. The summed E-state index contributed by atoms with van der Waals surface area (Å²) in [5, 5.41) is 14.3. The van der Waals surface area contributed by atoms with Crippen LogP contribution in [0.2, 0.25) is 0 Å². The number of amides is 2. The van der Waals surface area contributed by atoms with Crippen LogP contribution in [0.15, 0.2) is 48.5 Å². The van der Waals surface area contributed by atoms with E-state index in [1.807, 2.05) is 30.3 Å². The fourth-order valence-electron chi connectivity index (χ4n) is 1.94. The number of para-hydroxylation sites is 1. The molecular weight excluding hydrogens is 290 g/mol. The van der Waals surface area contributed by atoms with Gasteiger partial charge in [0.05, 0.1) is 6.10 Å². The van der Waals surface area contributed by atoms with E-state index in [0.29, 0.717) is 6.42 Å². The Morgan fingerprint density at radius 3 is 2.32 bits per heavy atom. The molecule has 3 N–H and O–H groups in total. The molecule has 0 aliphatic heterocycles. The maximum absolute atomic E-state index is 13.4. The number of rotatable bonds is 5. The predicted molar refractivity (Wildman–Crippen MR) is 79.5 cm³/mol. The number of carbonyl (C=O) groups is 1. The standard InChI is InChI=1S/C16H16F2N2O2/c17-13-7-4-8-14(18)15(13)20-16(22)19-10-12(21)9-11-5-2-1-3-6-11/h1-8,12,21H,9-10H2,(H2,19,20,22). The minimum atomic E-state index is -0.861. The average molecular weight is 306 g/mol. The molecule has 0 aliphatic rings. The van der Waals surface area contributed by atoms with E-state index >= 15 is 0 Å². The van der Waals surface area contributed by atoms with Crippen LogP contribution >= 0.6 is 0 Å². The number of halogens is 2. The van der Waals surface area contributed by atoms with Crippen LogP contribution in [0, 0.1) is 11.6 Å². The third-order valence-electron chi connectivity index (χ3n) is 3.01. The summed E-state index contributed by atoms with van der Waals surface area (Å²) >= 11 is 0. The molecular formula is C16H16F2N2O2. The molecule has 22 heavy (non-hydrogen) atoms. The maximum Gasteiger partial charge on any atom is 0.319 e. The van der Waals surface area contributed by atoms with Crippen molar-refractivity contribution in [1.82, 2.24) is 5.32 Å². The van der Waals surface area contributed by atoms with Crippen LogP contribution in [0.5, 0.6) is 0 Å². The van der Waals surface area contributed by atoms with E-state index in [4.69, 9.17) is 0 Å². The summed E-state index contributed by atoms with van der Waals surface area (Å²) in [5.74, 6) is -1.72. The van der Waals surface area contributed by atoms with Gasteiger partial charge in [0.2, 0.25) is 0 Å². The van der Waals surface area contributed by atoms with Crippen molar-refractivity contribution in [3.63, 3.8) is 0 Å². The quantitative estimate of drug-likeness (QED) is 0.795. The first kappa shape index (κ1) is 15.9. The molecule has 0 radical (unpaired) electrons. The van der Waals surface area contributed by atoms with Gasteiger partial charge in [-0.25, -0.2) is 13.6 Å². The summed E-state index contributed by atoms with van der Waals surface area (Å²) in [6.07, 6.45) is -0.423. The van der Waals surface area contributed by atoms with Gasteiger partial charge in [-0.3, -0.25) is 0 Å². The van der Waals surface area contributed by atoms with E-state index in [-0.39, 0.29) is 6.54 Å². The highest BCUT2D eigenvalue weighted by molar-refractivity contribution is 5.89. The topological polar surface area (TPSA) is 61.4 Å². The summed E-state index contributed by atoms with van der Waals surface area (Å²) in [5.41, 5.74) is 0.412. The van der Waals surface area contributed by atoms with Crippen molar-refractivity contribution in [2.75, 3.05) is 11.9 Å². The second kappa shape index (κ2) is 7.51. The van der Waals surface area contributed by atoms with Gasteiger partial charge in [0.15, 0.2) is 0 Å². The Morgan fingerprint density at radius 2 is 1.68 bits per heavy atom. The second-order valence-corrected chi connectivity index (χ2v) is 4.78. The van der Waals surface area contributed by atoms with Gasteiger partial charge in [-0.2, -0.15) is 0 Å². The molecule has 0 saturated heterocycles. The molecule has 0 bridgehead atoms. The van der Waals surface area contributed by atoms with Gasteiger partial charge < -0.3 is 15.7 Å². The summed E-state index contributed by atoms with van der Waals surface area (Å²) < 4.78 is 26.7. The van der Waals surface area contributed by atoms with E-state index in [1.165, 1.54) is 6.07 Å². The smallest absolute Gasteiger partial charge is 0.319 e. The third kappa shape index (κ3) is 4.53. The highest BCUT2D eigenvalue weighted by Crippen LogP contribution is 2.17. The fourth-order valence-corrected chi connectivity index (χ4v) is 1.94. The van der Waals surface area contributed by atoms with Crippen molar-refractivity contribution >= 4 is 11.7 Å². The van der Waals surface area contributed by atoms with Crippen LogP contribution in [0.25, 0.3) is 0 Å². The molecule has 0 fully saturated rings. The Balaban J connectivity index is 1.83. The van der Waals surface area contributed by atoms with Gasteiger partial charge in [0.1, 0.15) is 17.3 Å². The minimum absolute atomic E-state index is 0.0310. The Bertz CT molecular complexity index is 615. The molecule has 2 aromatic rings. The number of carbonyl (C=O) groups excluding carboxylic acids is 1. The zero-order valence-electron chi connectivity index (χ0n) is 11.7. The number of hydrogen-bond donors (Lipinski definition) is 3. The van der Waals surface area contributed by atoms with Crippen molar-refractivity contribution in [2.45, 2.75) is 12.5 Å². The Morgan fingerprint density at radius 1 is 1.05 bits per heavy atom. The van der Waals surface area contributed by atoms with Crippen molar-refractivity contribution in [2.24, 2.45) is 0 Å². The van der Waals surface area contributed by atoms with Gasteiger partial charge >= 0.3 is 6.03 Å². The molecule has 0 aromatic heterocycles. The second-order valence-electron chi connectivity index (χ2n) is 4.78. The first-order chi connectivity index (χ1) is 10.6. The highest BCUT2D eigenvalue weighted by Gasteiger charge is 2.13. The van der Waals surface area contributed by atoms with E-state index in [9.17, 15) is 18.7 Å². The molecule has 6 heteroatoms. The van der Waals surface area contributed by atoms with E-state index in [0.717, 1.165) is 17.7 Å². The number of urea groups is 1. The molecule has 2 amide bonds. The van der Waals surface area contributed by atoms with E-state index in [2.05, 4.69) is 10.6 Å². The number of aliphatic hydroxyl groups is 1. The van der Waals surface area contributed by atoms with Crippen LogP contribution in [-0.4, -0.2) is 23.8 Å². The Hall–Kier alpha value is -2.47. The zero-order chi connectivity index (χ0) is 15.9. The molecule has 2 aromatic carbocycles. The molecule has 2 rings (SSSR count). The third-order valence-corrected chi connectivity index (χ3v) is 3.01. The van der Waals surface area contributed by atoms with Crippen LogP contribution in [0.4, 0.5) is 19.3 Å². The van der Waals surface area contributed by atoms with Crippen LogP contribution in [-0.2, 0) is 6.42 Å². The molecule has 0 saturated carbocycles. The first-order valence-corrected chi connectivity index (χ1v) is 6.77. The normalized spacial score (nSPS) is 11.8. The number of nitrogens with one attached hydrogen (secondary N) is 2. The Labute approximate surface area is 126 Å². The van der Waals surface area contributed by atoms with Crippen LogP contribution < -0.4 is 10.6 Å². The lowest BCUT2D eigenvalue weighted by Gasteiger charge is -2.13. The number of hydrogen-bond acceptors (Lipinski definition) is 2. The molecule has 4 nitrogen and oxygen atoms in total. The molecule has 1 unspecified atom stereocenters. The van der Waals surface area contributed by atoms with Gasteiger partial charge in [-0.15, -0.1) is 0 Å². The number of anilines is 1. The number of benzene rings is 2. The van der Waals surface area contributed by atoms with Crippen LogP contribution in [0.3, 0.4) is 0 Å². The summed E-state index contributed by atoms with van der Waals surface area (Å²) in [6.45, 7) is -0.0310. The van der Waals surface area contributed by atoms with Crippen molar-refractivity contribution < 1.29 is 18.7 Å². The van der Waals surface area contributed by atoms with Crippen molar-refractivity contribution in [1.29, 1.82) is 0 Å². The van der Waals surface area contributed by atoms with E-state index in [1.54, 1.807) is 0 Å². The monoisotopic (exact) mass is 306 g/mol. The summed E-state index contributed by atoms with van der Waals surface area (Å²) in [4.78, 5) is 11.6. The largest absolute Gasteiger partial charge is 0.391 e. The first-order valence-electron chi connectivity index (χ1n) is 6.77. The van der Waals surface area contributed by atoms with Crippen molar-refractivity contribution in [3.8, 4) is 0 Å². The lowest BCUT2D eigenvalue weighted by atomic mass is 10.1. The van der Waals surface area contributed by atoms with Crippen molar-refractivity contribution in [3.05, 3.63) is 65.7 Å². The van der Waals surface area contributed by atoms with Crippen LogP contribution in [0.1, 0.15) is 5.56 Å². The van der Waals surface area contributed by atoms with Gasteiger partial charge in [-0.05, 0) is 17.7 Å². The van der Waals surface area contributed by atoms with Gasteiger partial charge in [0, 0.05) is 13.0 Å². The Kier molecular flexibility index (Phi) is 5.43. The lowest BCUT2D eigenvalue weighted by molar-refractivity contribution is 0.172. The van der Waals surface area contributed by atoms with Gasteiger partial charge in [0.25, 0.3) is 0 Å². The van der Waals surface area contributed by atoms with E-state index < -0.39 is 29.5 Å². The summed E-state index contributed by atoms with van der Waals surface area (Å²) in [6, 6.07) is 11.8. The zero-order valence-corrected chi connectivity index (χ0v) is 11.7. The van der Waals surface area contributed by atoms with Gasteiger partial charge in [-0.1, -0.05) is 36.4 Å². The predicted octanol–water partition coefficient (Wildman–Crippen LogP) is 2.69. The SMILES string of the molecule is O=C(NCC(O)Cc1ccccc1)Nc1c(F)cccc1F. The molecule has 0 aliphatic carbocycles. The molecule has 1 atom stereocenters. The fraction of sp³-hybridized carbons (Fsp3) is 0.188. The molecule has 116 valence electrons. The molecule has 0 spiro atoms. The minimum Gasteiger partial charge on any atom is -0.391 e. The lowest BCUT2D eigenvalue weighted by Crippen LogP contribution is -2.36. The summed E-state index contributed by atoms with van der Waals surface area (Å²) in [7, 11) is 0.